The van der Waals surface area contributed by atoms with Crippen LogP contribution in [0.4, 0.5) is 33.6 Å². The highest BCUT2D eigenvalue weighted by Crippen LogP contribution is 2.33. The molecule has 1 amide bonds. The number of hydrogen-bond acceptors (Lipinski definition) is 6. The SMILES string of the molecule is Cc1ccc(Nc2cc(OC(F)(F)F)ccn2)nc1C(=O)N1CC(F)(F)CC[C@@H]1CCN. The number of nitrogens with one attached hydrogen (secondary N) is 1. The summed E-state index contributed by atoms with van der Waals surface area (Å²) < 4.78 is 69.1. The molecule has 0 aliphatic carbocycles. The van der Waals surface area contributed by atoms with Crippen LogP contribution >= 0.6 is 0 Å². The summed E-state index contributed by atoms with van der Waals surface area (Å²) in [4.78, 5) is 22.3. The van der Waals surface area contributed by atoms with E-state index in [2.05, 4.69) is 20.0 Å². The van der Waals surface area contributed by atoms with Gasteiger partial charge in [0.1, 0.15) is 23.1 Å². The third-order valence-corrected chi connectivity index (χ3v) is 4.97. The van der Waals surface area contributed by atoms with Crippen molar-refractivity contribution in [2.75, 3.05) is 18.4 Å². The molecule has 32 heavy (non-hydrogen) atoms. The Bertz CT molecular complexity index is 970. The lowest BCUT2D eigenvalue weighted by molar-refractivity contribution is -0.274. The summed E-state index contributed by atoms with van der Waals surface area (Å²) in [5.74, 6) is -4.06. The van der Waals surface area contributed by atoms with Crippen LogP contribution in [0.5, 0.6) is 5.75 Å². The standard InChI is InChI=1S/C20H22F5N5O2/c1-12-2-3-15(28-16-10-14(6-9-27-16)32-20(23,24)25)29-17(12)18(31)30-11-19(21,22)7-4-13(30)5-8-26/h2-3,6,9-10,13H,4-5,7-8,11,26H2,1H3,(H,27,28,29)/t13-/m1/s1. The summed E-state index contributed by atoms with van der Waals surface area (Å²) in [5, 5.41) is 2.70. The van der Waals surface area contributed by atoms with E-state index in [4.69, 9.17) is 5.73 Å². The number of nitrogens with zero attached hydrogens (tertiary/aromatic N) is 3. The van der Waals surface area contributed by atoms with Gasteiger partial charge in [0.2, 0.25) is 0 Å². The zero-order chi connectivity index (χ0) is 23.5. The Hall–Kier alpha value is -3.02. The van der Waals surface area contributed by atoms with E-state index in [-0.39, 0.29) is 36.7 Å². The molecule has 2 aromatic heterocycles. The lowest BCUT2D eigenvalue weighted by atomic mass is 9.96. The summed E-state index contributed by atoms with van der Waals surface area (Å²) >= 11 is 0. The number of carbonyl (C=O) groups excluding carboxylic acids is 1. The van der Waals surface area contributed by atoms with E-state index in [1.165, 1.54) is 6.07 Å². The van der Waals surface area contributed by atoms with Gasteiger partial charge in [-0.25, -0.2) is 18.7 Å². The lowest BCUT2D eigenvalue weighted by Crippen LogP contribution is -2.52. The van der Waals surface area contributed by atoms with Crippen LogP contribution in [0.25, 0.3) is 0 Å². The van der Waals surface area contributed by atoms with Crippen LogP contribution in [0, 0.1) is 6.92 Å². The predicted octanol–water partition coefficient (Wildman–Crippen LogP) is 4.02. The molecule has 3 heterocycles. The molecule has 1 fully saturated rings. The maximum absolute atomic E-state index is 14.0. The van der Waals surface area contributed by atoms with E-state index in [9.17, 15) is 26.7 Å². The van der Waals surface area contributed by atoms with E-state index in [1.54, 1.807) is 13.0 Å². The van der Waals surface area contributed by atoms with Crippen molar-refractivity contribution in [3.63, 3.8) is 0 Å². The number of ether oxygens (including phenoxy) is 1. The van der Waals surface area contributed by atoms with Gasteiger partial charge in [0.05, 0.1) is 6.54 Å². The summed E-state index contributed by atoms with van der Waals surface area (Å²) in [6.45, 7) is 1.13. The van der Waals surface area contributed by atoms with E-state index in [1.807, 2.05) is 0 Å². The molecule has 1 aliphatic rings. The van der Waals surface area contributed by atoms with Crippen LogP contribution in [-0.2, 0) is 0 Å². The molecule has 0 radical (unpaired) electrons. The summed E-state index contributed by atoms with van der Waals surface area (Å²) in [6.07, 6.45) is -3.57. The third-order valence-electron chi connectivity index (χ3n) is 4.97. The Morgan fingerprint density at radius 2 is 2.06 bits per heavy atom. The molecule has 0 saturated carbocycles. The average molecular weight is 459 g/mol. The normalized spacial score (nSPS) is 18.3. The van der Waals surface area contributed by atoms with Crippen LogP contribution < -0.4 is 15.8 Å². The molecule has 0 spiro atoms. The van der Waals surface area contributed by atoms with Crippen molar-refractivity contribution in [1.29, 1.82) is 0 Å². The fourth-order valence-corrected chi connectivity index (χ4v) is 3.48. The average Bonchev–Trinajstić information content (AvgIpc) is 2.69. The quantitative estimate of drug-likeness (QED) is 0.634. The van der Waals surface area contributed by atoms with Crippen LogP contribution in [0.1, 0.15) is 35.3 Å². The number of halogens is 5. The number of likely N-dealkylation sites (tertiary alicyclic amines) is 1. The minimum atomic E-state index is -4.86. The van der Waals surface area contributed by atoms with Crippen molar-refractivity contribution >= 4 is 17.5 Å². The number of rotatable bonds is 6. The van der Waals surface area contributed by atoms with Crippen molar-refractivity contribution in [3.8, 4) is 5.75 Å². The maximum atomic E-state index is 14.0. The first-order chi connectivity index (χ1) is 15.0. The van der Waals surface area contributed by atoms with Gasteiger partial charge in [0.25, 0.3) is 11.8 Å². The summed E-state index contributed by atoms with van der Waals surface area (Å²) in [7, 11) is 0. The highest BCUT2D eigenvalue weighted by Gasteiger charge is 2.42. The number of nitrogens with two attached hydrogens (primary N) is 1. The molecule has 1 atom stereocenters. The molecule has 1 aliphatic heterocycles. The monoisotopic (exact) mass is 459 g/mol. The maximum Gasteiger partial charge on any atom is 0.573 e. The first-order valence-electron chi connectivity index (χ1n) is 9.83. The molecule has 0 bridgehead atoms. The Morgan fingerprint density at radius 3 is 2.75 bits per heavy atom. The van der Waals surface area contributed by atoms with Gasteiger partial charge in [-0.05, 0) is 44.0 Å². The predicted molar refractivity (Wildman–Crippen MR) is 106 cm³/mol. The second-order valence-corrected chi connectivity index (χ2v) is 7.47. The number of carbonyl (C=O) groups is 1. The molecule has 174 valence electrons. The number of alkyl halides is 5. The number of anilines is 2. The van der Waals surface area contributed by atoms with Gasteiger partial charge in [0, 0.05) is 24.7 Å². The molecule has 0 unspecified atom stereocenters. The Morgan fingerprint density at radius 1 is 1.31 bits per heavy atom. The largest absolute Gasteiger partial charge is 0.573 e. The summed E-state index contributed by atoms with van der Waals surface area (Å²) in [6, 6.07) is 4.66. The van der Waals surface area contributed by atoms with Gasteiger partial charge in [-0.15, -0.1) is 13.2 Å². The number of piperidine rings is 1. The number of aryl methyl sites for hydroxylation is 1. The summed E-state index contributed by atoms with van der Waals surface area (Å²) in [5.41, 5.74) is 6.00. The number of amides is 1. The van der Waals surface area contributed by atoms with Crippen molar-refractivity contribution in [2.24, 2.45) is 5.73 Å². The molecule has 3 rings (SSSR count). The Kier molecular flexibility index (Phi) is 6.82. The minimum absolute atomic E-state index is 0.00739. The molecular weight excluding hydrogens is 437 g/mol. The van der Waals surface area contributed by atoms with Crippen LogP contribution in [0.15, 0.2) is 30.5 Å². The van der Waals surface area contributed by atoms with Crippen LogP contribution in [-0.4, -0.2) is 52.2 Å². The van der Waals surface area contributed by atoms with Gasteiger partial charge < -0.3 is 20.7 Å². The molecule has 1 saturated heterocycles. The van der Waals surface area contributed by atoms with Crippen LogP contribution in [0.2, 0.25) is 0 Å². The van der Waals surface area contributed by atoms with Gasteiger partial charge in [-0.2, -0.15) is 0 Å². The van der Waals surface area contributed by atoms with E-state index in [0.29, 0.717) is 12.0 Å². The highest BCUT2D eigenvalue weighted by molar-refractivity contribution is 5.94. The molecular formula is C20H22F5N5O2. The van der Waals surface area contributed by atoms with Gasteiger partial charge in [-0.3, -0.25) is 4.79 Å². The molecule has 12 heteroatoms. The lowest BCUT2D eigenvalue weighted by Gasteiger charge is -2.39. The minimum Gasteiger partial charge on any atom is -0.406 e. The first-order valence-corrected chi connectivity index (χ1v) is 9.83. The van der Waals surface area contributed by atoms with Gasteiger partial charge in [0.15, 0.2) is 0 Å². The molecule has 2 aromatic rings. The van der Waals surface area contributed by atoms with Crippen LogP contribution in [0.3, 0.4) is 0 Å². The second-order valence-electron chi connectivity index (χ2n) is 7.47. The van der Waals surface area contributed by atoms with Crippen molar-refractivity contribution in [2.45, 2.75) is 44.5 Å². The number of aromatic nitrogens is 2. The van der Waals surface area contributed by atoms with E-state index >= 15 is 0 Å². The fourth-order valence-electron chi connectivity index (χ4n) is 3.48. The fraction of sp³-hybridized carbons (Fsp3) is 0.450. The second kappa shape index (κ2) is 9.23. The van der Waals surface area contributed by atoms with Crippen molar-refractivity contribution in [1.82, 2.24) is 14.9 Å². The zero-order valence-corrected chi connectivity index (χ0v) is 17.1. The highest BCUT2D eigenvalue weighted by atomic mass is 19.4. The molecule has 3 N–H and O–H groups in total. The molecule has 0 aromatic carbocycles. The zero-order valence-electron chi connectivity index (χ0n) is 17.1. The number of pyridine rings is 2. The number of hydrogen-bond donors (Lipinski definition) is 2. The Balaban J connectivity index is 1.84. The Labute approximate surface area is 180 Å². The molecule has 7 nitrogen and oxygen atoms in total. The van der Waals surface area contributed by atoms with Gasteiger partial charge >= 0.3 is 6.36 Å². The topological polar surface area (TPSA) is 93.4 Å². The van der Waals surface area contributed by atoms with Crippen molar-refractivity contribution < 1.29 is 31.5 Å². The third kappa shape index (κ3) is 6.02. The first kappa shape index (κ1) is 23.6. The van der Waals surface area contributed by atoms with E-state index < -0.39 is 36.5 Å². The van der Waals surface area contributed by atoms with E-state index in [0.717, 1.165) is 23.2 Å². The van der Waals surface area contributed by atoms with Crippen molar-refractivity contribution in [3.05, 3.63) is 41.7 Å². The smallest absolute Gasteiger partial charge is 0.406 e. The van der Waals surface area contributed by atoms with Gasteiger partial charge in [-0.1, -0.05) is 6.07 Å².